The molecule has 0 aliphatic heterocycles. The topological polar surface area (TPSA) is 57.5 Å². The van der Waals surface area contributed by atoms with Gasteiger partial charge in [0.1, 0.15) is 0 Å². The minimum absolute atomic E-state index is 0.416. The zero-order valence-electron chi connectivity index (χ0n) is 9.18. The van der Waals surface area contributed by atoms with Crippen molar-refractivity contribution in [1.82, 2.24) is 0 Å². The van der Waals surface area contributed by atoms with Crippen LogP contribution in [0.15, 0.2) is 48.6 Å². The standard InChI is InChI=1S/C13H10ClFO3/c14-13(15)8-10(9-4-2-1-3-5-9)6-7-12(13,18)11(16)17/h1-8,18H,(H,16,17). The highest BCUT2D eigenvalue weighted by atomic mass is 35.5. The van der Waals surface area contributed by atoms with Crippen LogP contribution >= 0.6 is 11.6 Å². The van der Waals surface area contributed by atoms with Crippen LogP contribution < -0.4 is 0 Å². The highest BCUT2D eigenvalue weighted by molar-refractivity contribution is 6.28. The summed E-state index contributed by atoms with van der Waals surface area (Å²) in [5.41, 5.74) is -1.66. The van der Waals surface area contributed by atoms with E-state index in [4.69, 9.17) is 16.7 Å². The fourth-order valence-corrected chi connectivity index (χ4v) is 1.96. The third-order valence-electron chi connectivity index (χ3n) is 2.78. The molecule has 0 radical (unpaired) electrons. The molecule has 0 spiro atoms. The van der Waals surface area contributed by atoms with Gasteiger partial charge in [-0.3, -0.25) is 0 Å². The van der Waals surface area contributed by atoms with Crippen molar-refractivity contribution in [2.45, 2.75) is 10.7 Å². The van der Waals surface area contributed by atoms with Crippen molar-refractivity contribution in [3.8, 4) is 0 Å². The zero-order valence-corrected chi connectivity index (χ0v) is 9.93. The summed E-state index contributed by atoms with van der Waals surface area (Å²) in [6.07, 6.45) is 3.09. The molecule has 1 aliphatic carbocycles. The molecule has 2 N–H and O–H groups in total. The molecule has 18 heavy (non-hydrogen) atoms. The van der Waals surface area contributed by atoms with E-state index in [2.05, 4.69) is 0 Å². The molecular formula is C13H10ClFO3. The summed E-state index contributed by atoms with van der Waals surface area (Å²) < 4.78 is 14.1. The predicted octanol–water partition coefficient (Wildman–Crippen LogP) is 2.36. The normalized spacial score (nSPS) is 30.9. The molecule has 2 rings (SSSR count). The second-order valence-corrected chi connectivity index (χ2v) is 4.54. The van der Waals surface area contributed by atoms with Crippen LogP contribution in [0.1, 0.15) is 5.56 Å². The van der Waals surface area contributed by atoms with Crippen molar-refractivity contribution in [2.24, 2.45) is 0 Å². The third kappa shape index (κ3) is 1.94. The monoisotopic (exact) mass is 268 g/mol. The van der Waals surface area contributed by atoms with E-state index in [1.54, 1.807) is 30.3 Å². The lowest BCUT2D eigenvalue weighted by Crippen LogP contribution is -2.52. The smallest absolute Gasteiger partial charge is 0.344 e. The van der Waals surface area contributed by atoms with Crippen LogP contribution in [0.3, 0.4) is 0 Å². The SMILES string of the molecule is O=C(O)C1(O)C=CC(c2ccccc2)=CC1(F)Cl. The number of carbonyl (C=O) groups is 1. The maximum absolute atomic E-state index is 14.1. The van der Waals surface area contributed by atoms with Gasteiger partial charge in [0.2, 0.25) is 10.7 Å². The van der Waals surface area contributed by atoms with E-state index in [0.29, 0.717) is 11.1 Å². The van der Waals surface area contributed by atoms with Gasteiger partial charge in [-0.25, -0.2) is 9.18 Å². The highest BCUT2D eigenvalue weighted by Gasteiger charge is 2.55. The number of halogens is 2. The van der Waals surface area contributed by atoms with Gasteiger partial charge in [0.15, 0.2) is 0 Å². The Morgan fingerprint density at radius 3 is 2.39 bits per heavy atom. The third-order valence-corrected chi connectivity index (χ3v) is 3.18. The molecule has 1 aromatic carbocycles. The lowest BCUT2D eigenvalue weighted by Gasteiger charge is -2.32. The number of aliphatic carboxylic acids is 1. The van der Waals surface area contributed by atoms with E-state index in [0.717, 1.165) is 12.2 Å². The molecule has 1 aliphatic rings. The van der Waals surface area contributed by atoms with E-state index in [-0.39, 0.29) is 0 Å². The Bertz CT molecular complexity index is 536. The van der Waals surface area contributed by atoms with Crippen molar-refractivity contribution in [3.63, 3.8) is 0 Å². The molecule has 2 unspecified atom stereocenters. The lowest BCUT2D eigenvalue weighted by atomic mass is 9.87. The molecule has 0 heterocycles. The van der Waals surface area contributed by atoms with Crippen LogP contribution in [0, 0.1) is 0 Å². The van der Waals surface area contributed by atoms with Gasteiger partial charge in [0, 0.05) is 0 Å². The molecule has 0 saturated carbocycles. The number of carboxylic acids is 1. The van der Waals surface area contributed by atoms with Crippen LogP contribution in [-0.4, -0.2) is 26.9 Å². The lowest BCUT2D eigenvalue weighted by molar-refractivity contribution is -0.159. The number of benzene rings is 1. The van der Waals surface area contributed by atoms with Crippen LogP contribution in [0.5, 0.6) is 0 Å². The first-order valence-electron chi connectivity index (χ1n) is 5.18. The Morgan fingerprint density at radius 1 is 1.28 bits per heavy atom. The molecule has 5 heteroatoms. The van der Waals surface area contributed by atoms with Crippen LogP contribution in [0.25, 0.3) is 5.57 Å². The number of allylic oxidation sites excluding steroid dienone is 2. The second kappa shape index (κ2) is 4.23. The first-order valence-corrected chi connectivity index (χ1v) is 5.56. The number of hydrogen-bond donors (Lipinski definition) is 2. The quantitative estimate of drug-likeness (QED) is 0.810. The van der Waals surface area contributed by atoms with Gasteiger partial charge in [0.25, 0.3) is 0 Å². The molecular weight excluding hydrogens is 259 g/mol. The molecule has 0 saturated heterocycles. The van der Waals surface area contributed by atoms with Crippen molar-refractivity contribution >= 4 is 23.1 Å². The summed E-state index contributed by atoms with van der Waals surface area (Å²) in [6.45, 7) is 0. The molecule has 3 nitrogen and oxygen atoms in total. The number of rotatable bonds is 2. The van der Waals surface area contributed by atoms with E-state index >= 15 is 0 Å². The summed E-state index contributed by atoms with van der Waals surface area (Å²) in [6, 6.07) is 8.78. The first-order chi connectivity index (χ1) is 8.37. The molecule has 2 atom stereocenters. The Hall–Kier alpha value is -1.65. The fourth-order valence-electron chi connectivity index (χ4n) is 1.70. The van der Waals surface area contributed by atoms with Gasteiger partial charge < -0.3 is 10.2 Å². The van der Waals surface area contributed by atoms with E-state index < -0.39 is 16.7 Å². The molecule has 94 valence electrons. The maximum atomic E-state index is 14.1. The fraction of sp³-hybridized carbons (Fsp3) is 0.154. The Morgan fingerprint density at radius 2 is 1.89 bits per heavy atom. The number of hydrogen-bond acceptors (Lipinski definition) is 2. The van der Waals surface area contributed by atoms with Crippen molar-refractivity contribution < 1.29 is 19.4 Å². The van der Waals surface area contributed by atoms with Gasteiger partial charge in [-0.1, -0.05) is 48.0 Å². The van der Waals surface area contributed by atoms with Crippen LogP contribution in [0.4, 0.5) is 4.39 Å². The number of alkyl halides is 2. The maximum Gasteiger partial charge on any atom is 0.344 e. The predicted molar refractivity (Wildman–Crippen MR) is 65.8 cm³/mol. The Kier molecular flexibility index (Phi) is 3.00. The Labute approximate surface area is 108 Å². The van der Waals surface area contributed by atoms with Gasteiger partial charge in [0.05, 0.1) is 0 Å². The van der Waals surface area contributed by atoms with Gasteiger partial charge >= 0.3 is 5.97 Å². The number of aliphatic hydroxyl groups is 1. The van der Waals surface area contributed by atoms with Gasteiger partial charge in [-0.05, 0) is 23.3 Å². The van der Waals surface area contributed by atoms with Gasteiger partial charge in [-0.15, -0.1) is 0 Å². The average Bonchev–Trinajstić information content (AvgIpc) is 2.33. The van der Waals surface area contributed by atoms with E-state index in [9.17, 15) is 14.3 Å². The second-order valence-electron chi connectivity index (χ2n) is 3.99. The minimum Gasteiger partial charge on any atom is -0.479 e. The molecule has 0 bridgehead atoms. The molecule has 0 amide bonds. The van der Waals surface area contributed by atoms with Gasteiger partial charge in [-0.2, -0.15) is 0 Å². The van der Waals surface area contributed by atoms with E-state index in [1.807, 2.05) is 0 Å². The molecule has 1 aromatic rings. The van der Waals surface area contributed by atoms with Crippen molar-refractivity contribution in [1.29, 1.82) is 0 Å². The van der Waals surface area contributed by atoms with Crippen molar-refractivity contribution in [2.75, 3.05) is 0 Å². The van der Waals surface area contributed by atoms with Crippen LogP contribution in [-0.2, 0) is 4.79 Å². The minimum atomic E-state index is -2.89. The first kappa shape index (κ1) is 12.8. The molecule has 0 aromatic heterocycles. The molecule has 0 fully saturated rings. The largest absolute Gasteiger partial charge is 0.479 e. The zero-order chi connectivity index (χ0) is 13.4. The summed E-state index contributed by atoms with van der Waals surface area (Å²) in [4.78, 5) is 10.9. The average molecular weight is 269 g/mol. The van der Waals surface area contributed by atoms with E-state index in [1.165, 1.54) is 6.08 Å². The van der Waals surface area contributed by atoms with Crippen molar-refractivity contribution in [3.05, 3.63) is 54.1 Å². The summed E-state index contributed by atoms with van der Waals surface area (Å²) in [7, 11) is 0. The highest BCUT2D eigenvalue weighted by Crippen LogP contribution is 2.40. The Balaban J connectivity index is 2.45. The van der Waals surface area contributed by atoms with Crippen LogP contribution in [0.2, 0.25) is 0 Å². The summed E-state index contributed by atoms with van der Waals surface area (Å²) in [5, 5.41) is 15.6. The number of carboxylic acid groups (broad SMARTS) is 1. The summed E-state index contributed by atoms with van der Waals surface area (Å²) >= 11 is 5.49. The summed E-state index contributed by atoms with van der Waals surface area (Å²) in [5.74, 6) is -1.74.